The molecule has 3 amide bonds. The Morgan fingerprint density at radius 3 is 2.05 bits per heavy atom. The van der Waals surface area contributed by atoms with Crippen LogP contribution in [0.3, 0.4) is 0 Å². The zero-order chi connectivity index (χ0) is 44.9. The van der Waals surface area contributed by atoms with Gasteiger partial charge in [0, 0.05) is 25.7 Å². The van der Waals surface area contributed by atoms with Gasteiger partial charge in [0.25, 0.3) is 11.8 Å². The lowest BCUT2D eigenvalue weighted by atomic mass is 10.1. The number of anilines is 5. The first-order valence-corrected chi connectivity index (χ1v) is 20.2. The van der Waals surface area contributed by atoms with E-state index >= 15 is 0 Å². The molecule has 6 N–H and O–H groups in total. The number of thiazole rings is 1. The number of aromatic nitrogens is 1. The van der Waals surface area contributed by atoms with Gasteiger partial charge in [-0.1, -0.05) is 6.07 Å². The molecule has 0 aliphatic heterocycles. The van der Waals surface area contributed by atoms with Gasteiger partial charge in [0.15, 0.2) is 16.8 Å². The number of hydrogen-bond donors (Lipinski definition) is 6. The van der Waals surface area contributed by atoms with Crippen molar-refractivity contribution in [2.24, 2.45) is 0 Å². The van der Waals surface area contributed by atoms with Gasteiger partial charge in [-0.15, -0.1) is 0 Å². The number of nitro groups is 1. The number of aryl methyl sites for hydroxylation is 2. The molecule has 1 heterocycles. The van der Waals surface area contributed by atoms with E-state index in [1.165, 1.54) is 32.0 Å². The Labute approximate surface area is 359 Å². The summed E-state index contributed by atoms with van der Waals surface area (Å²) in [6.07, 6.45) is 0.525. The number of hydroxylamine groups is 1. The topological polar surface area (TPSA) is 226 Å². The number of carbonyl (C=O) groups excluding carboxylic acids is 3. The maximum Gasteiger partial charge on any atom is 0.348 e. The number of halogens is 3. The van der Waals surface area contributed by atoms with Crippen molar-refractivity contribution in [1.82, 2.24) is 15.8 Å². The lowest BCUT2D eigenvalue weighted by Crippen LogP contribution is -2.27. The standard InChI is InChI=1S/C40H49F3N8O10S/c1-25-5-10-33(32(42)23-25)48-36-30(8-9-31(41)35(36)43)38(54)50-61-14-4-11-44-12-15-57-17-19-59-21-22-60-20-18-58-16-13-45-28-6-7-29(34(24-28)47-27(3)52)37(53)49-40-46-26(2)39(62-40)51(55)56/h5-10,23-24,44-45,48H,4,11-22H2,1-3H3,(H,47,52)(H,50,54)(H,46,49,53). The minimum atomic E-state index is -1.33. The molecule has 0 atom stereocenters. The molecular formula is C40H49F3N8O10S. The zero-order valence-electron chi connectivity index (χ0n) is 34.3. The van der Waals surface area contributed by atoms with E-state index in [-0.39, 0.29) is 50.8 Å². The van der Waals surface area contributed by atoms with Gasteiger partial charge in [-0.3, -0.25) is 34.7 Å². The van der Waals surface area contributed by atoms with Crippen LogP contribution in [0, 0.1) is 41.4 Å². The van der Waals surface area contributed by atoms with Crippen LogP contribution < -0.4 is 32.1 Å². The summed E-state index contributed by atoms with van der Waals surface area (Å²) in [6, 6.07) is 10.8. The monoisotopic (exact) mass is 890 g/mol. The van der Waals surface area contributed by atoms with E-state index in [1.54, 1.807) is 25.1 Å². The van der Waals surface area contributed by atoms with Crippen LogP contribution in [0.1, 0.15) is 45.3 Å². The lowest BCUT2D eigenvalue weighted by molar-refractivity contribution is -0.380. The van der Waals surface area contributed by atoms with Gasteiger partial charge in [0.05, 0.1) is 92.6 Å². The summed E-state index contributed by atoms with van der Waals surface area (Å²) in [7, 11) is 0. The molecule has 0 saturated carbocycles. The summed E-state index contributed by atoms with van der Waals surface area (Å²) < 4.78 is 65.0. The van der Waals surface area contributed by atoms with Crippen molar-refractivity contribution in [1.29, 1.82) is 0 Å². The van der Waals surface area contributed by atoms with Crippen LogP contribution in [0.25, 0.3) is 0 Å². The Kier molecular flexibility index (Phi) is 20.4. The second-order valence-corrected chi connectivity index (χ2v) is 14.2. The van der Waals surface area contributed by atoms with Crippen LogP contribution in [-0.4, -0.2) is 107 Å². The second kappa shape index (κ2) is 25.9. The molecule has 0 spiro atoms. The normalized spacial score (nSPS) is 11.0. The van der Waals surface area contributed by atoms with Gasteiger partial charge in [0.1, 0.15) is 11.5 Å². The summed E-state index contributed by atoms with van der Waals surface area (Å²) in [5.41, 5.74) is 3.15. The van der Waals surface area contributed by atoms with Crippen LogP contribution >= 0.6 is 11.3 Å². The van der Waals surface area contributed by atoms with E-state index in [9.17, 15) is 37.7 Å². The third-order valence-electron chi connectivity index (χ3n) is 8.34. The predicted molar refractivity (Wildman–Crippen MR) is 226 cm³/mol. The molecule has 3 aromatic carbocycles. The molecule has 0 bridgehead atoms. The Morgan fingerprint density at radius 2 is 1.40 bits per heavy atom. The average Bonchev–Trinajstić information content (AvgIpc) is 3.60. The summed E-state index contributed by atoms with van der Waals surface area (Å²) in [5.74, 6) is -5.02. The minimum absolute atomic E-state index is 0.0693. The Balaban J connectivity index is 0.961. The highest BCUT2D eigenvalue weighted by atomic mass is 32.1. The van der Waals surface area contributed by atoms with E-state index in [4.69, 9.17) is 23.8 Å². The molecule has 18 nitrogen and oxygen atoms in total. The first-order valence-electron chi connectivity index (χ1n) is 19.4. The quantitative estimate of drug-likeness (QED) is 0.0223. The molecule has 0 aliphatic carbocycles. The number of ether oxygens (including phenoxy) is 4. The van der Waals surface area contributed by atoms with E-state index < -0.39 is 39.9 Å². The van der Waals surface area contributed by atoms with Gasteiger partial charge in [0.2, 0.25) is 5.91 Å². The molecule has 0 unspecified atom stereocenters. The summed E-state index contributed by atoms with van der Waals surface area (Å²) in [4.78, 5) is 57.1. The molecule has 1 aromatic heterocycles. The van der Waals surface area contributed by atoms with E-state index in [0.29, 0.717) is 90.2 Å². The summed E-state index contributed by atoms with van der Waals surface area (Å²) >= 11 is 0.742. The fraction of sp³-hybridized carbons (Fsp3) is 0.400. The maximum absolute atomic E-state index is 14.6. The molecule has 22 heteroatoms. The van der Waals surface area contributed by atoms with Crippen molar-refractivity contribution in [3.63, 3.8) is 0 Å². The zero-order valence-corrected chi connectivity index (χ0v) is 35.1. The van der Waals surface area contributed by atoms with Crippen LogP contribution in [0.4, 0.5) is 46.1 Å². The smallest absolute Gasteiger partial charge is 0.348 e. The number of rotatable bonds is 28. The van der Waals surface area contributed by atoms with Crippen molar-refractivity contribution in [2.75, 3.05) is 100 Å². The molecule has 0 radical (unpaired) electrons. The Morgan fingerprint density at radius 1 is 0.742 bits per heavy atom. The lowest BCUT2D eigenvalue weighted by Gasteiger charge is -2.14. The summed E-state index contributed by atoms with van der Waals surface area (Å²) in [6.45, 7) is 9.23. The number of hydrogen-bond acceptors (Lipinski definition) is 15. The van der Waals surface area contributed by atoms with Gasteiger partial charge >= 0.3 is 5.00 Å². The Hall–Kier alpha value is -5.75. The summed E-state index contributed by atoms with van der Waals surface area (Å²) in [5, 5.41) is 25.0. The van der Waals surface area contributed by atoms with E-state index in [1.807, 2.05) is 0 Å². The van der Waals surface area contributed by atoms with Gasteiger partial charge in [-0.2, -0.15) is 0 Å². The van der Waals surface area contributed by atoms with Crippen LogP contribution in [0.15, 0.2) is 48.5 Å². The van der Waals surface area contributed by atoms with Crippen LogP contribution in [0.5, 0.6) is 0 Å². The highest BCUT2D eigenvalue weighted by molar-refractivity contribution is 7.19. The number of benzene rings is 3. The largest absolute Gasteiger partial charge is 0.383 e. The number of amides is 3. The van der Waals surface area contributed by atoms with Crippen molar-refractivity contribution in [2.45, 2.75) is 27.2 Å². The highest BCUT2D eigenvalue weighted by Gasteiger charge is 2.22. The molecule has 0 aliphatic rings. The fourth-order valence-corrected chi connectivity index (χ4v) is 6.16. The Bertz CT molecular complexity index is 2130. The number of nitrogens with zero attached hydrogens (tertiary/aromatic N) is 2. The van der Waals surface area contributed by atoms with Gasteiger partial charge in [-0.25, -0.2) is 23.6 Å². The SMILES string of the molecule is CC(=O)Nc1cc(NCCOCCOCCOCCOCCNCCCONC(=O)c2ccc(F)c(F)c2Nc2ccc(C)cc2F)ccc1C(=O)Nc1nc(C)c([N+](=O)[O-])s1. The first kappa shape index (κ1) is 48.9. The maximum atomic E-state index is 14.6. The third-order valence-corrected chi connectivity index (χ3v) is 9.36. The molecule has 4 aromatic rings. The minimum Gasteiger partial charge on any atom is -0.383 e. The van der Waals surface area contributed by atoms with Crippen LogP contribution in [0.2, 0.25) is 0 Å². The van der Waals surface area contributed by atoms with Gasteiger partial charge in [-0.05, 0) is 86.2 Å². The van der Waals surface area contributed by atoms with Gasteiger partial charge < -0.3 is 40.2 Å². The highest BCUT2D eigenvalue weighted by Crippen LogP contribution is 2.31. The van der Waals surface area contributed by atoms with E-state index in [2.05, 4.69) is 37.0 Å². The third kappa shape index (κ3) is 16.3. The molecule has 4 rings (SSSR count). The molecular weight excluding hydrogens is 842 g/mol. The van der Waals surface area contributed by atoms with E-state index in [0.717, 1.165) is 23.5 Å². The van der Waals surface area contributed by atoms with Crippen molar-refractivity contribution in [3.8, 4) is 0 Å². The first-order chi connectivity index (χ1) is 29.8. The average molecular weight is 891 g/mol. The number of nitrogens with one attached hydrogen (secondary N) is 6. The van der Waals surface area contributed by atoms with Crippen molar-refractivity contribution < 1.29 is 56.3 Å². The molecule has 0 saturated heterocycles. The predicted octanol–water partition coefficient (Wildman–Crippen LogP) is 5.86. The van der Waals surface area contributed by atoms with Crippen molar-refractivity contribution in [3.05, 3.63) is 98.5 Å². The molecule has 336 valence electrons. The second-order valence-electron chi connectivity index (χ2n) is 13.2. The molecule has 0 fully saturated rings. The molecule has 62 heavy (non-hydrogen) atoms. The fourth-order valence-electron chi connectivity index (χ4n) is 5.38. The number of carbonyl (C=O) groups is 3. The van der Waals surface area contributed by atoms with Crippen molar-refractivity contribution >= 4 is 61.9 Å². The van der Waals surface area contributed by atoms with Crippen LogP contribution in [-0.2, 0) is 28.6 Å².